The first-order valence-corrected chi connectivity index (χ1v) is 10.1. The van der Waals surface area contributed by atoms with Crippen LogP contribution in [0, 0.1) is 10.1 Å². The number of nitrogens with zero attached hydrogens (tertiary/aromatic N) is 2. The Labute approximate surface area is 183 Å². The quantitative estimate of drug-likeness (QED) is 0.355. The SMILES string of the molecule is O=C1NC(c2ccccc2)=C(c2ccc3ccccc3n2)[C@@H](c2cccc([N+](=O)[O-])c2)N1. The number of rotatable bonds is 4. The normalized spacial score (nSPS) is 15.9. The van der Waals surface area contributed by atoms with Gasteiger partial charge in [0, 0.05) is 23.1 Å². The van der Waals surface area contributed by atoms with Crippen LogP contribution in [0.5, 0.6) is 0 Å². The molecule has 1 atom stereocenters. The number of carbonyl (C=O) groups is 1. The molecule has 4 aromatic rings. The van der Waals surface area contributed by atoms with Crippen molar-refractivity contribution in [1.29, 1.82) is 0 Å². The molecular formula is C25H18N4O3. The van der Waals surface area contributed by atoms with E-state index in [1.165, 1.54) is 12.1 Å². The largest absolute Gasteiger partial charge is 0.327 e. The molecule has 156 valence electrons. The molecule has 2 amide bonds. The number of carbonyl (C=O) groups excluding carboxylic acids is 1. The van der Waals surface area contributed by atoms with Crippen LogP contribution in [0.3, 0.4) is 0 Å². The van der Waals surface area contributed by atoms with Crippen molar-refractivity contribution >= 4 is 33.9 Å². The summed E-state index contributed by atoms with van der Waals surface area (Å²) in [5.41, 5.74) is 4.24. The van der Waals surface area contributed by atoms with Crippen LogP contribution in [0.1, 0.15) is 22.9 Å². The Balaban J connectivity index is 1.77. The van der Waals surface area contributed by atoms with Crippen molar-refractivity contribution in [3.8, 4) is 0 Å². The second kappa shape index (κ2) is 7.96. The number of nitro groups is 1. The van der Waals surface area contributed by atoms with Gasteiger partial charge in [-0.25, -0.2) is 9.78 Å². The van der Waals surface area contributed by atoms with Gasteiger partial charge in [0.05, 0.1) is 27.9 Å². The molecule has 0 unspecified atom stereocenters. The molecule has 0 bridgehead atoms. The number of hydrogen-bond donors (Lipinski definition) is 2. The first-order valence-electron chi connectivity index (χ1n) is 10.1. The first kappa shape index (κ1) is 19.4. The molecule has 2 N–H and O–H groups in total. The third-order valence-corrected chi connectivity index (χ3v) is 5.42. The lowest BCUT2D eigenvalue weighted by Gasteiger charge is -2.30. The number of non-ortho nitro benzene ring substituents is 1. The van der Waals surface area contributed by atoms with E-state index in [2.05, 4.69) is 10.6 Å². The molecule has 1 aliphatic rings. The third kappa shape index (κ3) is 3.56. The summed E-state index contributed by atoms with van der Waals surface area (Å²) < 4.78 is 0. The van der Waals surface area contributed by atoms with E-state index < -0.39 is 11.0 Å². The molecule has 0 fully saturated rings. The molecule has 7 heteroatoms. The van der Waals surface area contributed by atoms with Gasteiger partial charge in [0.15, 0.2) is 0 Å². The second-order valence-electron chi connectivity index (χ2n) is 7.43. The number of nitro benzene ring substituents is 1. The van der Waals surface area contributed by atoms with Crippen LogP contribution in [0.15, 0.2) is 91.0 Å². The van der Waals surface area contributed by atoms with Crippen LogP contribution in [0.2, 0.25) is 0 Å². The summed E-state index contributed by atoms with van der Waals surface area (Å²) in [6, 6.07) is 26.5. The Morgan fingerprint density at radius 3 is 2.47 bits per heavy atom. The molecule has 0 saturated carbocycles. The van der Waals surface area contributed by atoms with Gasteiger partial charge in [-0.3, -0.25) is 10.1 Å². The smallest absolute Gasteiger partial charge is 0.320 e. The fourth-order valence-corrected chi connectivity index (χ4v) is 3.96. The topological polar surface area (TPSA) is 97.2 Å². The van der Waals surface area contributed by atoms with E-state index in [-0.39, 0.29) is 11.7 Å². The maximum Gasteiger partial charge on any atom is 0.320 e. The predicted molar refractivity (Wildman–Crippen MR) is 123 cm³/mol. The van der Waals surface area contributed by atoms with Crippen molar-refractivity contribution in [3.05, 3.63) is 118 Å². The molecule has 0 radical (unpaired) electrons. The Hall–Kier alpha value is -4.52. The molecule has 2 heterocycles. The van der Waals surface area contributed by atoms with Crippen molar-refractivity contribution in [2.45, 2.75) is 6.04 Å². The van der Waals surface area contributed by atoms with Crippen LogP contribution in [-0.4, -0.2) is 15.9 Å². The molecule has 7 nitrogen and oxygen atoms in total. The molecule has 3 aromatic carbocycles. The summed E-state index contributed by atoms with van der Waals surface area (Å²) in [7, 11) is 0. The lowest BCUT2D eigenvalue weighted by atomic mass is 9.90. The fourth-order valence-electron chi connectivity index (χ4n) is 3.96. The van der Waals surface area contributed by atoms with Crippen LogP contribution in [0.25, 0.3) is 22.2 Å². The van der Waals surface area contributed by atoms with Crippen molar-refractivity contribution in [2.24, 2.45) is 0 Å². The summed E-state index contributed by atoms with van der Waals surface area (Å²) in [5, 5.41) is 18.2. The molecule has 1 aliphatic heterocycles. The zero-order valence-corrected chi connectivity index (χ0v) is 16.9. The number of hydrogen-bond acceptors (Lipinski definition) is 4. The molecule has 32 heavy (non-hydrogen) atoms. The number of amides is 2. The number of urea groups is 1. The Morgan fingerprint density at radius 1 is 0.875 bits per heavy atom. The van der Waals surface area contributed by atoms with E-state index in [0.717, 1.165) is 22.0 Å². The lowest BCUT2D eigenvalue weighted by Crippen LogP contribution is -2.43. The zero-order valence-electron chi connectivity index (χ0n) is 16.9. The molecule has 1 aromatic heterocycles. The molecular weight excluding hydrogens is 404 g/mol. The minimum atomic E-state index is -0.618. The highest BCUT2D eigenvalue weighted by Gasteiger charge is 2.31. The Kier molecular flexibility index (Phi) is 4.84. The highest BCUT2D eigenvalue weighted by atomic mass is 16.6. The maximum absolute atomic E-state index is 12.6. The van der Waals surface area contributed by atoms with Crippen molar-refractivity contribution in [2.75, 3.05) is 0 Å². The summed E-state index contributed by atoms with van der Waals surface area (Å²) in [6.07, 6.45) is 0. The highest BCUT2D eigenvalue weighted by molar-refractivity contribution is 6.03. The van der Waals surface area contributed by atoms with Crippen molar-refractivity contribution in [3.63, 3.8) is 0 Å². The highest BCUT2D eigenvalue weighted by Crippen LogP contribution is 2.38. The number of para-hydroxylation sites is 1. The summed E-state index contributed by atoms with van der Waals surface area (Å²) >= 11 is 0. The summed E-state index contributed by atoms with van der Waals surface area (Å²) in [6.45, 7) is 0. The molecule has 5 rings (SSSR count). The number of benzene rings is 3. The number of nitrogens with one attached hydrogen (secondary N) is 2. The monoisotopic (exact) mass is 422 g/mol. The van der Waals surface area contributed by atoms with E-state index in [9.17, 15) is 14.9 Å². The predicted octanol–water partition coefficient (Wildman–Crippen LogP) is 5.07. The van der Waals surface area contributed by atoms with Gasteiger partial charge in [0.25, 0.3) is 5.69 Å². The Morgan fingerprint density at radius 2 is 1.66 bits per heavy atom. The average molecular weight is 422 g/mol. The number of fused-ring (bicyclic) bond motifs is 1. The number of pyridine rings is 1. The van der Waals surface area contributed by atoms with Gasteiger partial charge in [-0.15, -0.1) is 0 Å². The first-order chi connectivity index (χ1) is 15.6. The summed E-state index contributed by atoms with van der Waals surface area (Å²) in [5.74, 6) is 0. The summed E-state index contributed by atoms with van der Waals surface area (Å²) in [4.78, 5) is 28.4. The maximum atomic E-state index is 12.6. The second-order valence-corrected chi connectivity index (χ2v) is 7.43. The standard InChI is InChI=1S/C25H18N4O3/c30-25-27-23(17-8-2-1-3-9-17)22(21-14-13-16-7-4-5-12-20(16)26-21)24(28-25)18-10-6-11-19(15-18)29(31)32/h1-15,24H,(H2,27,28,30)/t24-/m1/s1. The van der Waals surface area contributed by atoms with Gasteiger partial charge in [0.1, 0.15) is 0 Å². The fraction of sp³-hybridized carbons (Fsp3) is 0.0400. The molecule has 0 aliphatic carbocycles. The minimum Gasteiger partial charge on any atom is -0.327 e. The minimum absolute atomic E-state index is 0.0395. The number of aromatic nitrogens is 1. The molecule has 0 saturated heterocycles. The third-order valence-electron chi connectivity index (χ3n) is 5.42. The zero-order chi connectivity index (χ0) is 22.1. The average Bonchev–Trinajstić information content (AvgIpc) is 2.84. The van der Waals surface area contributed by atoms with E-state index in [0.29, 0.717) is 17.0 Å². The van der Waals surface area contributed by atoms with Crippen LogP contribution in [-0.2, 0) is 0 Å². The van der Waals surface area contributed by atoms with Crippen LogP contribution in [0.4, 0.5) is 10.5 Å². The van der Waals surface area contributed by atoms with Gasteiger partial charge in [-0.2, -0.15) is 0 Å². The van der Waals surface area contributed by atoms with Crippen molar-refractivity contribution in [1.82, 2.24) is 15.6 Å². The van der Waals surface area contributed by atoms with Gasteiger partial charge in [0.2, 0.25) is 0 Å². The Bertz CT molecular complexity index is 1380. The van der Waals surface area contributed by atoms with Crippen molar-refractivity contribution < 1.29 is 9.72 Å². The van der Waals surface area contributed by atoms with E-state index in [4.69, 9.17) is 4.98 Å². The van der Waals surface area contributed by atoms with Gasteiger partial charge in [-0.05, 0) is 23.3 Å². The van der Waals surface area contributed by atoms with E-state index >= 15 is 0 Å². The van der Waals surface area contributed by atoms with Gasteiger partial charge >= 0.3 is 6.03 Å². The van der Waals surface area contributed by atoms with E-state index in [1.807, 2.05) is 66.7 Å². The molecule has 0 spiro atoms. The van der Waals surface area contributed by atoms with E-state index in [1.54, 1.807) is 12.1 Å². The van der Waals surface area contributed by atoms with Gasteiger partial charge in [-0.1, -0.05) is 66.7 Å². The van der Waals surface area contributed by atoms with Crippen LogP contribution >= 0.6 is 0 Å². The van der Waals surface area contributed by atoms with Crippen LogP contribution < -0.4 is 10.6 Å². The van der Waals surface area contributed by atoms with Gasteiger partial charge < -0.3 is 10.6 Å². The lowest BCUT2D eigenvalue weighted by molar-refractivity contribution is -0.384.